The number of esters is 1. The molecule has 4 aromatic rings. The number of benzene rings is 2. The molecule has 4 N–H and O–H groups in total. The van der Waals surface area contributed by atoms with Gasteiger partial charge >= 0.3 is 18.2 Å². The number of carbonyl (C=O) groups is 4. The van der Waals surface area contributed by atoms with Gasteiger partial charge in [0.15, 0.2) is 5.60 Å². The number of nitrogens with one attached hydrogen (secondary N) is 1. The van der Waals surface area contributed by atoms with Gasteiger partial charge in [-0.25, -0.2) is 19.4 Å². The van der Waals surface area contributed by atoms with Crippen molar-refractivity contribution in [2.24, 2.45) is 5.73 Å². The molecule has 53 heavy (non-hydrogen) atoms. The molecule has 2 aromatic carbocycles. The number of nitrogens with two attached hydrogens (primary N) is 1. The zero-order valence-electron chi connectivity index (χ0n) is 30.2. The van der Waals surface area contributed by atoms with E-state index in [1.807, 2.05) is 6.92 Å². The van der Waals surface area contributed by atoms with Gasteiger partial charge in [-0.05, 0) is 67.3 Å². The van der Waals surface area contributed by atoms with Gasteiger partial charge in [-0.3, -0.25) is 9.59 Å². The Bertz CT molecular complexity index is 2180. The van der Waals surface area contributed by atoms with Crippen molar-refractivity contribution in [1.82, 2.24) is 19.4 Å². The van der Waals surface area contributed by atoms with Crippen molar-refractivity contribution in [3.63, 3.8) is 0 Å². The van der Waals surface area contributed by atoms with Gasteiger partial charge in [0, 0.05) is 49.4 Å². The van der Waals surface area contributed by atoms with E-state index in [9.17, 15) is 29.1 Å². The van der Waals surface area contributed by atoms with Gasteiger partial charge in [0.1, 0.15) is 19.0 Å². The Kier molecular flexibility index (Phi) is 10.2. The molecule has 6 rings (SSSR count). The van der Waals surface area contributed by atoms with Gasteiger partial charge < -0.3 is 44.7 Å². The minimum absolute atomic E-state index is 0.0193. The summed E-state index contributed by atoms with van der Waals surface area (Å²) in [5.41, 5.74) is 8.64. The van der Waals surface area contributed by atoms with Crippen LogP contribution in [-0.4, -0.2) is 81.7 Å². The first-order valence-corrected chi connectivity index (χ1v) is 17.3. The van der Waals surface area contributed by atoms with Crippen molar-refractivity contribution in [3.05, 3.63) is 86.7 Å². The second kappa shape index (κ2) is 14.7. The van der Waals surface area contributed by atoms with Crippen LogP contribution in [0.15, 0.2) is 53.3 Å². The fraction of sp³-hybridized carbons (Fsp3) is 0.368. The molecule has 0 bridgehead atoms. The third kappa shape index (κ3) is 7.04. The Balaban J connectivity index is 1.09. The van der Waals surface area contributed by atoms with Crippen LogP contribution < -0.4 is 21.3 Å². The first-order chi connectivity index (χ1) is 25.2. The predicted octanol–water partition coefficient (Wildman–Crippen LogP) is 3.63. The molecule has 0 fully saturated rings. The molecule has 2 aromatic heterocycles. The lowest BCUT2D eigenvalue weighted by atomic mass is 9.86. The molecule has 3 amide bonds. The SMILES string of the molecule is CCc1c2c(nc3ccc(OC(=O)N(C)CCN(C)C(=O)OCc4ccc(NC(=O)[C@H](C)N)cc4)cc13)-c1cc3c(c(=O)n1C2)COC(=O)[C@]3(O)CC. The second-order valence-electron chi connectivity index (χ2n) is 13.3. The molecule has 15 nitrogen and oxygen atoms in total. The van der Waals surface area contributed by atoms with Crippen LogP contribution in [0.2, 0.25) is 0 Å². The van der Waals surface area contributed by atoms with Crippen molar-refractivity contribution < 1.29 is 38.5 Å². The number of carbonyl (C=O) groups excluding carboxylic acids is 4. The predicted molar refractivity (Wildman–Crippen MR) is 194 cm³/mol. The number of aryl methyl sites for hydroxylation is 1. The number of fused-ring (bicyclic) bond motifs is 5. The molecular formula is C38H42N6O9. The van der Waals surface area contributed by atoms with Crippen LogP contribution in [0.4, 0.5) is 15.3 Å². The number of cyclic esters (lactones) is 1. The summed E-state index contributed by atoms with van der Waals surface area (Å²) in [7, 11) is 3.13. The topological polar surface area (TPSA) is 196 Å². The number of pyridine rings is 2. The zero-order chi connectivity index (χ0) is 38.2. The minimum Gasteiger partial charge on any atom is -0.458 e. The maximum absolute atomic E-state index is 13.6. The average Bonchev–Trinajstić information content (AvgIpc) is 3.52. The Labute approximate surface area is 305 Å². The van der Waals surface area contributed by atoms with Gasteiger partial charge in [0.2, 0.25) is 5.91 Å². The second-order valence-corrected chi connectivity index (χ2v) is 13.3. The molecule has 0 saturated heterocycles. The summed E-state index contributed by atoms with van der Waals surface area (Å²) in [5.74, 6) is -0.785. The van der Waals surface area contributed by atoms with Crippen molar-refractivity contribution in [2.75, 3.05) is 32.5 Å². The van der Waals surface area contributed by atoms with E-state index in [-0.39, 0.29) is 61.9 Å². The number of aliphatic hydroxyl groups is 1. The van der Waals surface area contributed by atoms with Gasteiger partial charge in [-0.15, -0.1) is 0 Å². The lowest BCUT2D eigenvalue weighted by Gasteiger charge is -2.31. The number of nitrogens with zero attached hydrogens (tertiary/aromatic N) is 4. The van der Waals surface area contributed by atoms with E-state index in [0.717, 1.165) is 22.1 Å². The van der Waals surface area contributed by atoms with E-state index >= 15 is 0 Å². The summed E-state index contributed by atoms with van der Waals surface area (Å²) in [5, 5.41) is 14.6. The summed E-state index contributed by atoms with van der Waals surface area (Å²) >= 11 is 0. The van der Waals surface area contributed by atoms with E-state index in [1.165, 1.54) is 9.80 Å². The number of likely N-dealkylation sites (N-methyl/N-ethyl adjacent to an activating group) is 2. The van der Waals surface area contributed by atoms with E-state index in [2.05, 4.69) is 5.32 Å². The van der Waals surface area contributed by atoms with Crippen molar-refractivity contribution in [2.45, 2.75) is 65.0 Å². The minimum atomic E-state index is -1.92. The summed E-state index contributed by atoms with van der Waals surface area (Å²) < 4.78 is 17.9. The molecule has 4 heterocycles. The van der Waals surface area contributed by atoms with Crippen LogP contribution >= 0.6 is 0 Å². The van der Waals surface area contributed by atoms with Gasteiger partial charge in [-0.2, -0.15) is 0 Å². The smallest absolute Gasteiger partial charge is 0.415 e. The Morgan fingerprint density at radius 3 is 2.40 bits per heavy atom. The van der Waals surface area contributed by atoms with Gasteiger partial charge in [0.25, 0.3) is 5.56 Å². The molecule has 0 saturated carbocycles. The summed E-state index contributed by atoms with van der Waals surface area (Å²) in [6.45, 7) is 5.65. The first kappa shape index (κ1) is 37.0. The third-order valence-electron chi connectivity index (χ3n) is 9.73. The number of rotatable bonds is 10. The molecule has 2 atom stereocenters. The molecule has 2 aliphatic heterocycles. The molecule has 0 aliphatic carbocycles. The number of hydrogen-bond acceptors (Lipinski definition) is 11. The van der Waals surface area contributed by atoms with E-state index in [1.54, 1.807) is 81.0 Å². The monoisotopic (exact) mass is 726 g/mol. The van der Waals surface area contributed by atoms with E-state index in [4.69, 9.17) is 24.9 Å². The fourth-order valence-corrected chi connectivity index (χ4v) is 6.47. The number of amides is 3. The molecule has 2 aliphatic rings. The van der Waals surface area contributed by atoms with Crippen molar-refractivity contribution in [1.29, 1.82) is 0 Å². The van der Waals surface area contributed by atoms with Gasteiger partial charge in [0.05, 0.1) is 35.1 Å². The Morgan fingerprint density at radius 2 is 1.74 bits per heavy atom. The average molecular weight is 727 g/mol. The Hall–Kier alpha value is -5.80. The summed E-state index contributed by atoms with van der Waals surface area (Å²) in [6.07, 6.45) is -0.549. The molecule has 0 spiro atoms. The fourth-order valence-electron chi connectivity index (χ4n) is 6.47. The maximum Gasteiger partial charge on any atom is 0.415 e. The largest absolute Gasteiger partial charge is 0.458 e. The maximum atomic E-state index is 13.6. The summed E-state index contributed by atoms with van der Waals surface area (Å²) in [6, 6.07) is 13.0. The molecular weight excluding hydrogens is 684 g/mol. The first-order valence-electron chi connectivity index (χ1n) is 17.3. The molecule has 0 radical (unpaired) electrons. The van der Waals surface area contributed by atoms with Gasteiger partial charge in [-0.1, -0.05) is 26.0 Å². The van der Waals surface area contributed by atoms with Crippen molar-refractivity contribution >= 4 is 40.7 Å². The molecule has 278 valence electrons. The van der Waals surface area contributed by atoms with E-state index in [0.29, 0.717) is 34.8 Å². The third-order valence-corrected chi connectivity index (χ3v) is 9.73. The highest BCUT2D eigenvalue weighted by Crippen LogP contribution is 2.40. The van der Waals surface area contributed by atoms with E-state index < -0.39 is 29.8 Å². The molecule has 15 heteroatoms. The zero-order valence-corrected chi connectivity index (χ0v) is 30.2. The lowest BCUT2D eigenvalue weighted by molar-refractivity contribution is -0.172. The normalized spacial score (nSPS) is 16.2. The molecule has 0 unspecified atom stereocenters. The quantitative estimate of drug-likeness (QED) is 0.178. The van der Waals surface area contributed by atoms with Crippen LogP contribution in [0.1, 0.15) is 55.0 Å². The van der Waals surface area contributed by atoms with Crippen molar-refractivity contribution in [3.8, 4) is 17.1 Å². The number of hydrogen-bond donors (Lipinski definition) is 3. The van der Waals surface area contributed by atoms with Crippen LogP contribution in [0, 0.1) is 0 Å². The number of anilines is 1. The number of ether oxygens (including phenoxy) is 3. The highest BCUT2D eigenvalue weighted by atomic mass is 16.6. The van der Waals surface area contributed by atoms with Crippen LogP contribution in [-0.2, 0) is 50.8 Å². The van der Waals surface area contributed by atoms with Crippen LogP contribution in [0.5, 0.6) is 5.75 Å². The summed E-state index contributed by atoms with van der Waals surface area (Å²) in [4.78, 5) is 71.2. The Morgan fingerprint density at radius 1 is 1.04 bits per heavy atom. The standard InChI is InChI=1S/C38H42N6O9/c1-6-25-26-16-24(53-37(49)43(5)15-14-42(4)36(48)52-19-22-8-10-23(11-9-22)40-33(45)21(3)39)12-13-30(26)41-32-27(25)18-44-31(32)17-29-28(34(44)46)20-51-35(47)38(29,50)7-2/h8-13,16-17,21,50H,6-7,14-15,18-20,39H2,1-5H3,(H,40,45)/t21-,38-/m0/s1. The van der Waals surface area contributed by atoms with Crippen LogP contribution in [0.25, 0.3) is 22.3 Å². The highest BCUT2D eigenvalue weighted by Gasteiger charge is 2.45. The lowest BCUT2D eigenvalue weighted by Crippen LogP contribution is -2.44. The number of aromatic nitrogens is 2. The highest BCUT2D eigenvalue weighted by molar-refractivity contribution is 5.94. The van der Waals surface area contributed by atoms with Crippen LogP contribution in [0.3, 0.4) is 0 Å².